The van der Waals surface area contributed by atoms with Crippen molar-refractivity contribution in [3.8, 4) is 0 Å². The topological polar surface area (TPSA) is 65.0 Å². The van der Waals surface area contributed by atoms with Crippen LogP contribution in [-0.2, 0) is 19.0 Å². The minimum Gasteiger partial charge on any atom is -0.479 e. The van der Waals surface area contributed by atoms with Crippen molar-refractivity contribution in [3.63, 3.8) is 0 Å². The van der Waals surface area contributed by atoms with Crippen LogP contribution in [0.25, 0.3) is 0 Å². The van der Waals surface area contributed by atoms with Crippen LogP contribution >= 0.6 is 0 Å². The van der Waals surface area contributed by atoms with Gasteiger partial charge in [-0.25, -0.2) is 4.79 Å². The average Bonchev–Trinajstić information content (AvgIpc) is 2.25. The second-order valence-corrected chi connectivity index (χ2v) is 3.67. The number of carbonyl (C=O) groups is 1. The van der Waals surface area contributed by atoms with Crippen LogP contribution in [0.15, 0.2) is 0 Å². The number of hydrogen-bond donors (Lipinski definition) is 1. The molecule has 0 saturated carbocycles. The first-order valence-corrected chi connectivity index (χ1v) is 5.15. The van der Waals surface area contributed by atoms with Crippen molar-refractivity contribution in [3.05, 3.63) is 0 Å². The molecule has 0 spiro atoms. The van der Waals surface area contributed by atoms with Gasteiger partial charge < -0.3 is 19.3 Å². The minimum absolute atomic E-state index is 0.0958. The molecule has 1 heterocycles. The third kappa shape index (κ3) is 4.59. The Balaban J connectivity index is 2.22. The zero-order chi connectivity index (χ0) is 11.1. The van der Waals surface area contributed by atoms with E-state index in [0.717, 1.165) is 26.1 Å². The van der Waals surface area contributed by atoms with E-state index in [4.69, 9.17) is 19.3 Å². The van der Waals surface area contributed by atoms with Gasteiger partial charge in [0.2, 0.25) is 0 Å². The number of carboxylic acids is 1. The first-order valence-electron chi connectivity index (χ1n) is 5.15. The van der Waals surface area contributed by atoms with Crippen molar-refractivity contribution in [1.29, 1.82) is 0 Å². The zero-order valence-electron chi connectivity index (χ0n) is 8.98. The highest BCUT2D eigenvalue weighted by Gasteiger charge is 2.21. The summed E-state index contributed by atoms with van der Waals surface area (Å²) in [6, 6.07) is 0. The minimum atomic E-state index is -0.969. The molecule has 1 aliphatic rings. The van der Waals surface area contributed by atoms with Gasteiger partial charge in [-0.3, -0.25) is 0 Å². The normalized spacial score (nSPS) is 20.1. The maximum atomic E-state index is 10.7. The Morgan fingerprint density at radius 1 is 1.53 bits per heavy atom. The lowest BCUT2D eigenvalue weighted by Crippen LogP contribution is -2.32. The van der Waals surface area contributed by atoms with E-state index >= 15 is 0 Å². The van der Waals surface area contributed by atoms with Crippen molar-refractivity contribution in [2.75, 3.05) is 33.5 Å². The van der Waals surface area contributed by atoms with Gasteiger partial charge in [0.25, 0.3) is 0 Å². The van der Waals surface area contributed by atoms with E-state index in [9.17, 15) is 4.79 Å². The molecular formula is C10H18O5. The highest BCUT2D eigenvalue weighted by atomic mass is 16.5. The van der Waals surface area contributed by atoms with Crippen LogP contribution in [0.1, 0.15) is 12.8 Å². The number of hydrogen-bond acceptors (Lipinski definition) is 4. The molecule has 1 rings (SSSR count). The Morgan fingerprint density at radius 2 is 2.20 bits per heavy atom. The monoisotopic (exact) mass is 218 g/mol. The predicted octanol–water partition coefficient (Wildman–Crippen LogP) is 0.529. The smallest absolute Gasteiger partial charge is 0.335 e. The second-order valence-electron chi connectivity index (χ2n) is 3.67. The zero-order valence-corrected chi connectivity index (χ0v) is 8.98. The van der Waals surface area contributed by atoms with Crippen molar-refractivity contribution < 1.29 is 24.1 Å². The van der Waals surface area contributed by atoms with Crippen LogP contribution in [-0.4, -0.2) is 50.7 Å². The fraction of sp³-hybridized carbons (Fsp3) is 0.900. The molecule has 1 unspecified atom stereocenters. The summed E-state index contributed by atoms with van der Waals surface area (Å²) in [5, 5.41) is 8.80. The maximum Gasteiger partial charge on any atom is 0.335 e. The SMILES string of the molecule is COCC(OCC1CCOCC1)C(=O)O. The third-order valence-electron chi connectivity index (χ3n) is 2.47. The van der Waals surface area contributed by atoms with Gasteiger partial charge in [-0.15, -0.1) is 0 Å². The van der Waals surface area contributed by atoms with Gasteiger partial charge in [-0.1, -0.05) is 0 Å². The lowest BCUT2D eigenvalue weighted by atomic mass is 10.0. The number of methoxy groups -OCH3 is 1. The third-order valence-corrected chi connectivity index (χ3v) is 2.47. The molecule has 5 nitrogen and oxygen atoms in total. The van der Waals surface area contributed by atoms with Gasteiger partial charge >= 0.3 is 5.97 Å². The molecule has 15 heavy (non-hydrogen) atoms. The lowest BCUT2D eigenvalue weighted by Gasteiger charge is -2.23. The fourth-order valence-electron chi connectivity index (χ4n) is 1.51. The van der Waals surface area contributed by atoms with Gasteiger partial charge in [0.1, 0.15) is 0 Å². The van der Waals surface area contributed by atoms with Crippen LogP contribution in [0.3, 0.4) is 0 Å². The van der Waals surface area contributed by atoms with Gasteiger partial charge in [0.05, 0.1) is 13.2 Å². The molecule has 1 saturated heterocycles. The summed E-state index contributed by atoms with van der Waals surface area (Å²) in [5.74, 6) is -0.554. The van der Waals surface area contributed by atoms with Gasteiger partial charge in [-0.05, 0) is 18.8 Å². The molecule has 88 valence electrons. The molecule has 0 aliphatic carbocycles. The molecule has 0 aromatic heterocycles. The Hall–Kier alpha value is -0.650. The van der Waals surface area contributed by atoms with Crippen molar-refractivity contribution >= 4 is 5.97 Å². The molecule has 1 fully saturated rings. The highest BCUT2D eigenvalue weighted by Crippen LogP contribution is 2.15. The van der Waals surface area contributed by atoms with E-state index in [1.807, 2.05) is 0 Å². The van der Waals surface area contributed by atoms with Gasteiger partial charge in [0, 0.05) is 20.3 Å². The second kappa shape index (κ2) is 6.76. The Labute approximate surface area is 89.3 Å². The number of carboxylic acid groups (broad SMARTS) is 1. The molecule has 0 radical (unpaired) electrons. The van der Waals surface area contributed by atoms with E-state index in [1.54, 1.807) is 0 Å². The largest absolute Gasteiger partial charge is 0.479 e. The molecule has 1 aliphatic heterocycles. The average molecular weight is 218 g/mol. The number of rotatable bonds is 6. The van der Waals surface area contributed by atoms with E-state index in [-0.39, 0.29) is 6.61 Å². The van der Waals surface area contributed by atoms with E-state index in [2.05, 4.69) is 0 Å². The standard InChI is InChI=1S/C10H18O5/c1-13-7-9(10(11)12)15-6-8-2-4-14-5-3-8/h8-9H,2-7H2,1H3,(H,11,12). The van der Waals surface area contributed by atoms with E-state index < -0.39 is 12.1 Å². The molecule has 0 bridgehead atoms. The van der Waals surface area contributed by atoms with Crippen LogP contribution in [0.5, 0.6) is 0 Å². The van der Waals surface area contributed by atoms with Crippen LogP contribution in [0, 0.1) is 5.92 Å². The van der Waals surface area contributed by atoms with E-state index in [1.165, 1.54) is 7.11 Å². The Morgan fingerprint density at radius 3 is 2.73 bits per heavy atom. The summed E-state index contributed by atoms with van der Waals surface area (Å²) in [6.45, 7) is 2.06. The molecule has 1 N–H and O–H groups in total. The maximum absolute atomic E-state index is 10.7. The number of ether oxygens (including phenoxy) is 3. The summed E-state index contributed by atoms with van der Waals surface area (Å²) in [5.41, 5.74) is 0. The van der Waals surface area contributed by atoms with Crippen LogP contribution in [0.2, 0.25) is 0 Å². The molecular weight excluding hydrogens is 200 g/mol. The van der Waals surface area contributed by atoms with Crippen molar-refractivity contribution in [2.45, 2.75) is 18.9 Å². The molecule has 5 heteroatoms. The van der Waals surface area contributed by atoms with Crippen molar-refractivity contribution in [1.82, 2.24) is 0 Å². The van der Waals surface area contributed by atoms with Crippen LogP contribution < -0.4 is 0 Å². The summed E-state index contributed by atoms with van der Waals surface area (Å²) in [4.78, 5) is 10.7. The quantitative estimate of drug-likeness (QED) is 0.704. The summed E-state index contributed by atoms with van der Waals surface area (Å²) < 4.78 is 15.3. The molecule has 0 aromatic carbocycles. The fourth-order valence-corrected chi connectivity index (χ4v) is 1.51. The Bertz CT molecular complexity index is 188. The predicted molar refractivity (Wildman–Crippen MR) is 52.8 cm³/mol. The van der Waals surface area contributed by atoms with Gasteiger partial charge in [0.15, 0.2) is 6.10 Å². The van der Waals surface area contributed by atoms with E-state index in [0.29, 0.717) is 12.5 Å². The molecule has 0 amide bonds. The van der Waals surface area contributed by atoms with Crippen LogP contribution in [0.4, 0.5) is 0 Å². The first kappa shape index (κ1) is 12.4. The first-order chi connectivity index (χ1) is 7.24. The molecule has 0 aromatic rings. The Kier molecular flexibility index (Phi) is 5.60. The van der Waals surface area contributed by atoms with Gasteiger partial charge in [-0.2, -0.15) is 0 Å². The molecule has 1 atom stereocenters. The highest BCUT2D eigenvalue weighted by molar-refractivity contribution is 5.72. The summed E-state index contributed by atoms with van der Waals surface area (Å²) in [6.07, 6.45) is 1.04. The number of aliphatic carboxylic acids is 1. The lowest BCUT2D eigenvalue weighted by molar-refractivity contribution is -0.155. The summed E-state index contributed by atoms with van der Waals surface area (Å²) >= 11 is 0. The van der Waals surface area contributed by atoms with Crippen molar-refractivity contribution in [2.24, 2.45) is 5.92 Å². The summed E-state index contributed by atoms with van der Waals surface area (Å²) in [7, 11) is 1.47.